The van der Waals surface area contributed by atoms with Crippen LogP contribution in [0.3, 0.4) is 0 Å². The summed E-state index contributed by atoms with van der Waals surface area (Å²) >= 11 is 0. The lowest BCUT2D eigenvalue weighted by atomic mass is 9.99. The number of aromatic amines is 4. The van der Waals surface area contributed by atoms with Crippen molar-refractivity contribution in [3.05, 3.63) is 299 Å². The van der Waals surface area contributed by atoms with Gasteiger partial charge in [0, 0.05) is 188 Å². The fourth-order valence-corrected chi connectivity index (χ4v) is 13.9. The Morgan fingerprint density at radius 2 is 0.738 bits per heavy atom. The normalized spacial score (nSPS) is 10.7. The molecule has 0 bridgehead atoms. The first-order chi connectivity index (χ1) is 61.2. The molecule has 0 aliphatic carbocycles. The maximum atomic E-state index is 14.1. The highest BCUT2D eigenvalue weighted by Crippen LogP contribution is 2.37. The van der Waals surface area contributed by atoms with Crippen LogP contribution in [0.1, 0.15) is 113 Å². The van der Waals surface area contributed by atoms with E-state index >= 15 is 0 Å². The average molecular weight is 1690 g/mol. The number of carbonyl (C=O) groups is 5. The van der Waals surface area contributed by atoms with E-state index in [0.29, 0.717) is 120 Å². The highest BCUT2D eigenvalue weighted by atomic mass is 19.1. The zero-order valence-corrected chi connectivity index (χ0v) is 70.1. The molecule has 16 aromatic rings. The molecule has 0 unspecified atom stereocenters. The number of H-pyrrole nitrogens is 4. The van der Waals surface area contributed by atoms with Gasteiger partial charge in [-0.2, -0.15) is 30.9 Å². The molecule has 0 spiro atoms. The Morgan fingerprint density at radius 3 is 1.10 bits per heavy atom. The summed E-state index contributed by atoms with van der Waals surface area (Å²) < 4.78 is 50.8. The number of nitriles is 2. The standard InChI is InChI=1S/C25H24FN5O3.C24H21N5O2.C23H20N6O2.C22H20FN5O2/c1-4-34-22-10-16(5-7-19(22)15-6-8-21(26)20(9-15)24(32)27-2)25(33)31(3)14-18-12-28-11-17-13-29-30-23(17)18;1-3-31-22-10-18(7-8-21(22)17-6-4-5-16(9-17)11-25)24(30)29(2)15-20-13-26-12-19-14-27-28-23(19)20;1-3-31-22-19(16-6-4-5-15(9-16)10-24)7-8-20(27-22)23(30)29(2)14-18-12-25-11-17-13-26-28-21(17)18;1-3-30-21-18(14-5-4-6-17(23)9-14)7-8-19(26-21)22(29)28(2)13-16-11-24-10-15-12-25-27-20(15)16/h5-13H,4,14H2,1-3H3,(H,27,32)(H,29,30);4-10,12-14H,3,15H2,1-2H3,(H,27,28);4-9,11-13H,3,14H2,1-2H3,(H,26,28);4-12H,3,13H2,1-2H3,(H,25,27). The smallest absolute Gasteiger partial charge is 0.272 e. The SMILES string of the molecule is CCOc1cc(C(=O)N(C)Cc2cncc3cn[nH]c23)ccc1-c1ccc(F)c(C(=O)NC)c1.CCOc1cc(C(=O)N(C)Cc2cncc3cn[nH]c23)ccc1-c1cccc(C#N)c1.CCOc1nc(C(=O)N(C)Cc2cncc3cn[nH]c23)ccc1-c1cccc(C#N)c1.CCOc1nc(C(=O)N(C)Cc2cncc3cn[nH]c23)ccc1-c1cccc(F)c1. The maximum Gasteiger partial charge on any atom is 0.272 e. The molecule has 10 aromatic heterocycles. The van der Waals surface area contributed by atoms with Gasteiger partial charge in [0.2, 0.25) is 11.8 Å². The van der Waals surface area contributed by atoms with Crippen LogP contribution < -0.4 is 24.3 Å². The molecule has 0 atom stereocenters. The van der Waals surface area contributed by atoms with Gasteiger partial charge in [-0.25, -0.2) is 18.7 Å². The summed E-state index contributed by atoms with van der Waals surface area (Å²) in [5.41, 5.74) is 15.1. The third-order valence-corrected chi connectivity index (χ3v) is 20.0. The second-order valence-corrected chi connectivity index (χ2v) is 28.6. The zero-order valence-electron chi connectivity index (χ0n) is 70.1. The molecule has 634 valence electrons. The van der Waals surface area contributed by atoms with Crippen LogP contribution in [0.5, 0.6) is 23.3 Å². The Balaban J connectivity index is 0.000000144. The van der Waals surface area contributed by atoms with Crippen molar-refractivity contribution in [2.24, 2.45) is 0 Å². The molecule has 0 aliphatic rings. The minimum Gasteiger partial charge on any atom is -0.493 e. The number of benzene rings is 6. The molecule has 30 nitrogen and oxygen atoms in total. The van der Waals surface area contributed by atoms with Crippen LogP contribution in [-0.2, 0) is 26.2 Å². The van der Waals surface area contributed by atoms with Crippen LogP contribution in [0.4, 0.5) is 8.78 Å². The zero-order chi connectivity index (χ0) is 88.9. The molecule has 0 saturated carbocycles. The van der Waals surface area contributed by atoms with E-state index in [1.54, 1.807) is 219 Å². The number of ether oxygens (including phenoxy) is 4. The van der Waals surface area contributed by atoms with Crippen molar-refractivity contribution in [1.82, 2.24) is 95.6 Å². The van der Waals surface area contributed by atoms with Crippen molar-refractivity contribution < 1.29 is 51.7 Å². The summed E-state index contributed by atoms with van der Waals surface area (Å²) in [5.74, 6) is -0.603. The molecule has 126 heavy (non-hydrogen) atoms. The van der Waals surface area contributed by atoms with Crippen LogP contribution in [0.15, 0.2) is 226 Å². The number of pyridine rings is 6. The van der Waals surface area contributed by atoms with Gasteiger partial charge in [-0.1, -0.05) is 42.5 Å². The third-order valence-electron chi connectivity index (χ3n) is 20.0. The quantitative estimate of drug-likeness (QED) is 0.0355. The topological polar surface area (TPSA) is 387 Å². The number of aromatic nitrogens is 14. The first kappa shape index (κ1) is 87.3. The van der Waals surface area contributed by atoms with Crippen molar-refractivity contribution in [1.29, 1.82) is 10.5 Å². The number of nitrogens with zero attached hydrogens (tertiary/aromatic N) is 16. The molecule has 5 N–H and O–H groups in total. The van der Waals surface area contributed by atoms with Crippen molar-refractivity contribution in [3.8, 4) is 79.9 Å². The van der Waals surface area contributed by atoms with Gasteiger partial charge in [-0.15, -0.1) is 0 Å². The Kier molecular flexibility index (Phi) is 28.2. The van der Waals surface area contributed by atoms with Crippen molar-refractivity contribution in [2.45, 2.75) is 53.9 Å². The molecule has 0 aliphatic heterocycles. The Bertz CT molecular complexity index is 6550. The summed E-state index contributed by atoms with van der Waals surface area (Å²) in [7, 11) is 8.31. The van der Waals surface area contributed by atoms with E-state index in [1.807, 2.05) is 58.0 Å². The summed E-state index contributed by atoms with van der Waals surface area (Å²) in [6.45, 7) is 10.4. The maximum absolute atomic E-state index is 14.1. The lowest BCUT2D eigenvalue weighted by Gasteiger charge is -2.19. The van der Waals surface area contributed by atoms with E-state index in [0.717, 1.165) is 88.1 Å². The van der Waals surface area contributed by atoms with Crippen LogP contribution in [-0.4, -0.2) is 181 Å². The van der Waals surface area contributed by atoms with Gasteiger partial charge in [-0.05, 0) is 159 Å². The predicted molar refractivity (Wildman–Crippen MR) is 469 cm³/mol. The van der Waals surface area contributed by atoms with E-state index in [4.69, 9.17) is 18.9 Å². The van der Waals surface area contributed by atoms with Gasteiger partial charge < -0.3 is 43.9 Å². The molecular formula is C94H85F2N21O9. The summed E-state index contributed by atoms with van der Waals surface area (Å²) in [5, 5.41) is 52.3. The number of fused-ring (bicyclic) bond motifs is 4. The number of nitrogens with one attached hydrogen (secondary N) is 5. The summed E-state index contributed by atoms with van der Waals surface area (Å²) in [4.78, 5) is 96.4. The minimum absolute atomic E-state index is 0.0658. The van der Waals surface area contributed by atoms with Crippen molar-refractivity contribution >= 4 is 73.1 Å². The van der Waals surface area contributed by atoms with Gasteiger partial charge in [0.25, 0.3) is 29.5 Å². The number of hydrogen-bond acceptors (Lipinski definition) is 21. The average Bonchev–Trinajstić information content (AvgIpc) is 0.951. The molecule has 0 saturated heterocycles. The van der Waals surface area contributed by atoms with E-state index < -0.39 is 11.7 Å². The Morgan fingerprint density at radius 1 is 0.389 bits per heavy atom. The Labute approximate surface area is 721 Å². The number of amides is 5. The molecular weight excluding hydrogens is 1610 g/mol. The van der Waals surface area contributed by atoms with Crippen LogP contribution in [0, 0.1) is 34.3 Å². The first-order valence-corrected chi connectivity index (χ1v) is 39.9. The molecule has 32 heteroatoms. The molecule has 16 rings (SSSR count). The third kappa shape index (κ3) is 20.4. The number of hydrogen-bond donors (Lipinski definition) is 5. The van der Waals surface area contributed by atoms with Gasteiger partial charge in [-0.3, -0.25) is 64.3 Å². The molecule has 0 radical (unpaired) electrons. The second-order valence-electron chi connectivity index (χ2n) is 28.6. The van der Waals surface area contributed by atoms with E-state index in [2.05, 4.69) is 88.1 Å². The van der Waals surface area contributed by atoms with Crippen LogP contribution in [0.25, 0.3) is 88.1 Å². The number of halogens is 2. The molecule has 0 fully saturated rings. The van der Waals surface area contributed by atoms with Gasteiger partial charge in [0.1, 0.15) is 34.5 Å². The fourth-order valence-electron chi connectivity index (χ4n) is 13.9. The fraction of sp³-hybridized carbons (Fsp3) is 0.181. The largest absolute Gasteiger partial charge is 0.493 e. The van der Waals surface area contributed by atoms with Crippen molar-refractivity contribution in [2.75, 3.05) is 61.7 Å². The minimum atomic E-state index is -0.615. The molecule has 10 heterocycles. The second kappa shape index (κ2) is 40.7. The highest BCUT2D eigenvalue weighted by Gasteiger charge is 2.25. The first-order valence-electron chi connectivity index (χ1n) is 39.9. The highest BCUT2D eigenvalue weighted by molar-refractivity contribution is 5.99. The summed E-state index contributed by atoms with van der Waals surface area (Å²) in [6.07, 6.45) is 20.5. The molecule has 5 amide bonds. The van der Waals surface area contributed by atoms with E-state index in [-0.39, 0.29) is 46.4 Å². The van der Waals surface area contributed by atoms with Crippen LogP contribution in [0.2, 0.25) is 0 Å². The van der Waals surface area contributed by atoms with Crippen LogP contribution >= 0.6 is 0 Å². The monoisotopic (exact) mass is 1690 g/mol. The number of carbonyl (C=O) groups excluding carboxylic acids is 5. The van der Waals surface area contributed by atoms with Gasteiger partial charge in [0.15, 0.2) is 0 Å². The lowest BCUT2D eigenvalue weighted by molar-refractivity contribution is 0.0771. The predicted octanol–water partition coefficient (Wildman–Crippen LogP) is 15.4. The van der Waals surface area contributed by atoms with Gasteiger partial charge >= 0.3 is 0 Å². The van der Waals surface area contributed by atoms with Gasteiger partial charge in [0.05, 0.1) is 102 Å². The van der Waals surface area contributed by atoms with E-state index in [1.165, 1.54) is 31.3 Å². The lowest BCUT2D eigenvalue weighted by Crippen LogP contribution is -2.27. The van der Waals surface area contributed by atoms with E-state index in [9.17, 15) is 43.3 Å². The Hall–Kier alpha value is -16.5. The number of rotatable bonds is 25. The molecule has 6 aromatic carbocycles. The summed E-state index contributed by atoms with van der Waals surface area (Å²) in [6, 6.07) is 46.6. The van der Waals surface area contributed by atoms with Crippen molar-refractivity contribution in [3.63, 3.8) is 0 Å².